The Morgan fingerprint density at radius 2 is 1.95 bits per heavy atom. The van der Waals surface area contributed by atoms with Crippen LogP contribution in [-0.4, -0.2) is 25.3 Å². The number of aliphatic carboxylic acids is 1. The van der Waals surface area contributed by atoms with Crippen LogP contribution in [0, 0.1) is 0 Å². The minimum absolute atomic E-state index is 0.0624. The molecule has 0 spiro atoms. The molecule has 1 aromatic rings. The first kappa shape index (κ1) is 16.6. The van der Waals surface area contributed by atoms with Crippen LogP contribution in [0.25, 0.3) is 0 Å². The molecule has 20 heavy (non-hydrogen) atoms. The van der Waals surface area contributed by atoms with Crippen LogP contribution in [0.15, 0.2) is 6.07 Å². The van der Waals surface area contributed by atoms with Crippen LogP contribution in [0.1, 0.15) is 43.4 Å². The van der Waals surface area contributed by atoms with Gasteiger partial charge in [0, 0.05) is 22.7 Å². The molecule has 0 amide bonds. The first-order chi connectivity index (χ1) is 9.33. The summed E-state index contributed by atoms with van der Waals surface area (Å²) in [5.41, 5.74) is 7.37. The average Bonchev–Trinajstić information content (AvgIpc) is 2.35. The Bertz CT molecular complexity index is 502. The van der Waals surface area contributed by atoms with Crippen molar-refractivity contribution in [2.45, 2.75) is 32.2 Å². The van der Waals surface area contributed by atoms with Crippen LogP contribution in [-0.2, 0) is 4.79 Å². The highest BCUT2D eigenvalue weighted by molar-refractivity contribution is 6.31. The molecule has 0 fully saturated rings. The van der Waals surface area contributed by atoms with Crippen LogP contribution >= 0.6 is 11.6 Å². The number of carboxylic acids is 1. The van der Waals surface area contributed by atoms with E-state index in [9.17, 15) is 4.79 Å². The van der Waals surface area contributed by atoms with Crippen LogP contribution in [0.4, 0.5) is 0 Å². The number of hydrogen-bond acceptors (Lipinski definition) is 4. The van der Waals surface area contributed by atoms with Gasteiger partial charge in [-0.3, -0.25) is 4.79 Å². The molecule has 1 aromatic carbocycles. The van der Waals surface area contributed by atoms with E-state index in [1.807, 2.05) is 13.8 Å². The second kappa shape index (κ2) is 6.81. The summed E-state index contributed by atoms with van der Waals surface area (Å²) in [6, 6.07) is 0.903. The van der Waals surface area contributed by atoms with Crippen molar-refractivity contribution < 1.29 is 19.4 Å². The fourth-order valence-corrected chi connectivity index (χ4v) is 2.59. The fourth-order valence-electron chi connectivity index (χ4n) is 2.24. The van der Waals surface area contributed by atoms with Crippen molar-refractivity contribution in [2.24, 2.45) is 5.73 Å². The summed E-state index contributed by atoms with van der Waals surface area (Å²) in [6.07, 6.45) is -0.199. The lowest BCUT2D eigenvalue weighted by Crippen LogP contribution is -2.18. The minimum Gasteiger partial charge on any atom is -0.493 e. The molecule has 0 aromatic heterocycles. The van der Waals surface area contributed by atoms with Gasteiger partial charge in [0.2, 0.25) is 0 Å². The topological polar surface area (TPSA) is 81.8 Å². The molecule has 0 aliphatic heterocycles. The van der Waals surface area contributed by atoms with E-state index in [1.54, 1.807) is 6.07 Å². The molecule has 0 aliphatic rings. The zero-order valence-electron chi connectivity index (χ0n) is 12.1. The molecule has 0 saturated carbocycles. The summed E-state index contributed by atoms with van der Waals surface area (Å²) in [6.45, 7) is 3.93. The summed E-state index contributed by atoms with van der Waals surface area (Å²) < 4.78 is 10.6. The number of ether oxygens (including phenoxy) is 2. The highest BCUT2D eigenvalue weighted by atomic mass is 35.5. The van der Waals surface area contributed by atoms with E-state index in [2.05, 4.69) is 0 Å². The largest absolute Gasteiger partial charge is 0.493 e. The zero-order chi connectivity index (χ0) is 15.4. The summed E-state index contributed by atoms with van der Waals surface area (Å²) in [7, 11) is 3.05. The van der Waals surface area contributed by atoms with Crippen molar-refractivity contribution in [3.63, 3.8) is 0 Å². The maximum Gasteiger partial charge on any atom is 0.305 e. The van der Waals surface area contributed by atoms with E-state index < -0.39 is 12.0 Å². The van der Waals surface area contributed by atoms with E-state index in [0.29, 0.717) is 22.1 Å². The van der Waals surface area contributed by atoms with Gasteiger partial charge in [0.25, 0.3) is 0 Å². The Morgan fingerprint density at radius 3 is 2.35 bits per heavy atom. The Hall–Kier alpha value is -1.46. The summed E-state index contributed by atoms with van der Waals surface area (Å²) in [5, 5.41) is 9.30. The SMILES string of the molecule is COc1cc(Cl)c(C(N)CC(=O)O)c(C(C)C)c1OC. The second-order valence-corrected chi connectivity index (χ2v) is 5.19. The second-order valence-electron chi connectivity index (χ2n) is 4.78. The van der Waals surface area contributed by atoms with Gasteiger partial charge in [0.15, 0.2) is 11.5 Å². The summed E-state index contributed by atoms with van der Waals surface area (Å²) in [5.74, 6) is 0.140. The van der Waals surface area contributed by atoms with E-state index in [4.69, 9.17) is 31.9 Å². The minimum atomic E-state index is -0.974. The maximum atomic E-state index is 10.9. The molecule has 1 atom stereocenters. The third-order valence-electron chi connectivity index (χ3n) is 3.04. The first-order valence-electron chi connectivity index (χ1n) is 6.25. The Labute approximate surface area is 123 Å². The molecule has 6 heteroatoms. The number of carbonyl (C=O) groups is 1. The molecule has 0 aliphatic carbocycles. The van der Waals surface area contributed by atoms with Crippen LogP contribution in [0.3, 0.4) is 0 Å². The highest BCUT2D eigenvalue weighted by Crippen LogP contribution is 2.44. The molecule has 3 N–H and O–H groups in total. The Kier molecular flexibility index (Phi) is 5.65. The molecular weight excluding hydrogens is 282 g/mol. The molecule has 112 valence electrons. The molecule has 0 saturated heterocycles. The predicted molar refractivity (Wildman–Crippen MR) is 77.8 cm³/mol. The van der Waals surface area contributed by atoms with Gasteiger partial charge in [0.05, 0.1) is 20.6 Å². The maximum absolute atomic E-state index is 10.9. The van der Waals surface area contributed by atoms with Crippen molar-refractivity contribution in [1.82, 2.24) is 0 Å². The third-order valence-corrected chi connectivity index (χ3v) is 3.35. The number of benzene rings is 1. The summed E-state index contributed by atoms with van der Waals surface area (Å²) >= 11 is 6.26. The molecule has 0 bridgehead atoms. The van der Waals surface area contributed by atoms with Gasteiger partial charge >= 0.3 is 5.97 Å². The quantitative estimate of drug-likeness (QED) is 0.844. The van der Waals surface area contributed by atoms with Gasteiger partial charge in [0.1, 0.15) is 0 Å². The fraction of sp³-hybridized carbons (Fsp3) is 0.500. The Morgan fingerprint density at radius 1 is 1.35 bits per heavy atom. The van der Waals surface area contributed by atoms with Crippen LogP contribution in [0.5, 0.6) is 11.5 Å². The molecule has 1 rings (SSSR count). The lowest BCUT2D eigenvalue weighted by molar-refractivity contribution is -0.137. The standard InChI is InChI=1S/C14H20ClNO4/c1-7(2)12-13(9(16)6-11(17)18)8(15)5-10(19-3)14(12)20-4/h5,7,9H,6,16H2,1-4H3,(H,17,18). The van der Waals surface area contributed by atoms with Crippen LogP contribution < -0.4 is 15.2 Å². The van der Waals surface area contributed by atoms with Crippen molar-refractivity contribution in [3.05, 3.63) is 22.2 Å². The van der Waals surface area contributed by atoms with Crippen molar-refractivity contribution in [1.29, 1.82) is 0 Å². The van der Waals surface area contributed by atoms with Crippen molar-refractivity contribution in [3.8, 4) is 11.5 Å². The van der Waals surface area contributed by atoms with Gasteiger partial charge in [-0.25, -0.2) is 0 Å². The molecule has 1 unspecified atom stereocenters. The lowest BCUT2D eigenvalue weighted by Gasteiger charge is -2.23. The Balaban J connectivity index is 3.52. The molecular formula is C14H20ClNO4. The number of methoxy groups -OCH3 is 2. The third kappa shape index (κ3) is 3.35. The monoisotopic (exact) mass is 301 g/mol. The predicted octanol–water partition coefficient (Wildman–Crippen LogP) is 2.96. The van der Waals surface area contributed by atoms with E-state index in [1.165, 1.54) is 14.2 Å². The first-order valence-corrected chi connectivity index (χ1v) is 6.62. The van der Waals surface area contributed by atoms with Crippen molar-refractivity contribution in [2.75, 3.05) is 14.2 Å². The van der Waals surface area contributed by atoms with Gasteiger partial charge in [-0.05, 0) is 11.5 Å². The normalized spacial score (nSPS) is 12.3. The van der Waals surface area contributed by atoms with Gasteiger partial charge in [-0.1, -0.05) is 25.4 Å². The number of carboxylic acid groups (broad SMARTS) is 1. The van der Waals surface area contributed by atoms with Gasteiger partial charge < -0.3 is 20.3 Å². The van der Waals surface area contributed by atoms with Gasteiger partial charge in [-0.2, -0.15) is 0 Å². The highest BCUT2D eigenvalue weighted by Gasteiger charge is 2.25. The molecule has 5 nitrogen and oxygen atoms in total. The zero-order valence-corrected chi connectivity index (χ0v) is 12.8. The summed E-state index contributed by atoms with van der Waals surface area (Å²) in [4.78, 5) is 10.9. The van der Waals surface area contributed by atoms with Crippen molar-refractivity contribution >= 4 is 17.6 Å². The van der Waals surface area contributed by atoms with E-state index in [-0.39, 0.29) is 12.3 Å². The molecule has 0 radical (unpaired) electrons. The van der Waals surface area contributed by atoms with Gasteiger partial charge in [-0.15, -0.1) is 0 Å². The van der Waals surface area contributed by atoms with Crippen LogP contribution in [0.2, 0.25) is 5.02 Å². The number of hydrogen-bond donors (Lipinski definition) is 2. The molecule has 0 heterocycles. The van der Waals surface area contributed by atoms with E-state index >= 15 is 0 Å². The van der Waals surface area contributed by atoms with E-state index in [0.717, 1.165) is 5.56 Å². The number of halogens is 1. The average molecular weight is 302 g/mol. The number of rotatable bonds is 6. The smallest absolute Gasteiger partial charge is 0.305 e. The number of nitrogens with two attached hydrogens (primary N) is 1. The lowest BCUT2D eigenvalue weighted by atomic mass is 9.90.